The number of carbonyl (C=O) groups excluding carboxylic acids is 1. The molecular weight excluding hydrogens is 248 g/mol. The largest absolute Gasteiger partial charge is 0.497 e. The predicted octanol–water partition coefficient (Wildman–Crippen LogP) is 3.92. The molecule has 0 aliphatic rings. The van der Waals surface area contributed by atoms with Gasteiger partial charge < -0.3 is 4.74 Å². The van der Waals surface area contributed by atoms with E-state index in [2.05, 4.69) is 31.2 Å². The van der Waals surface area contributed by atoms with Crippen LogP contribution in [0.15, 0.2) is 48.5 Å². The van der Waals surface area contributed by atoms with Crippen molar-refractivity contribution in [1.82, 2.24) is 0 Å². The molecule has 0 spiro atoms. The highest BCUT2D eigenvalue weighted by Crippen LogP contribution is 2.24. The van der Waals surface area contributed by atoms with E-state index < -0.39 is 0 Å². The molecule has 0 heterocycles. The van der Waals surface area contributed by atoms with Gasteiger partial charge in [0.15, 0.2) is 0 Å². The van der Waals surface area contributed by atoms with Crippen molar-refractivity contribution in [3.05, 3.63) is 65.2 Å². The van der Waals surface area contributed by atoms with E-state index >= 15 is 0 Å². The summed E-state index contributed by atoms with van der Waals surface area (Å²) in [6.45, 7) is 3.72. The van der Waals surface area contributed by atoms with Crippen molar-refractivity contribution >= 4 is 5.78 Å². The molecule has 20 heavy (non-hydrogen) atoms. The van der Waals surface area contributed by atoms with Crippen molar-refractivity contribution in [3.8, 4) is 5.75 Å². The van der Waals surface area contributed by atoms with E-state index in [-0.39, 0.29) is 11.7 Å². The molecule has 0 saturated carbocycles. The van der Waals surface area contributed by atoms with Crippen LogP contribution in [0, 0.1) is 6.92 Å². The molecule has 0 saturated heterocycles. The molecule has 2 aromatic carbocycles. The van der Waals surface area contributed by atoms with Crippen LogP contribution in [0.5, 0.6) is 5.75 Å². The van der Waals surface area contributed by atoms with Crippen molar-refractivity contribution in [2.75, 3.05) is 7.11 Å². The van der Waals surface area contributed by atoms with Crippen molar-refractivity contribution in [1.29, 1.82) is 0 Å². The molecule has 2 aromatic rings. The third-order valence-electron chi connectivity index (χ3n) is 3.57. The third kappa shape index (κ3) is 3.47. The van der Waals surface area contributed by atoms with Gasteiger partial charge in [-0.05, 0) is 43.5 Å². The molecule has 0 aromatic heterocycles. The average molecular weight is 268 g/mol. The summed E-state index contributed by atoms with van der Waals surface area (Å²) in [5.41, 5.74) is 3.46. The van der Waals surface area contributed by atoms with E-state index in [1.807, 2.05) is 24.3 Å². The van der Waals surface area contributed by atoms with Gasteiger partial charge in [-0.25, -0.2) is 0 Å². The summed E-state index contributed by atoms with van der Waals surface area (Å²) in [5, 5.41) is 0. The summed E-state index contributed by atoms with van der Waals surface area (Å²) >= 11 is 0. The molecule has 1 atom stereocenters. The van der Waals surface area contributed by atoms with Gasteiger partial charge in [0.2, 0.25) is 0 Å². The first-order valence-electron chi connectivity index (χ1n) is 6.80. The summed E-state index contributed by atoms with van der Waals surface area (Å²) in [5.74, 6) is 0.908. The lowest BCUT2D eigenvalue weighted by molar-refractivity contribution is -0.118. The first kappa shape index (κ1) is 14.3. The summed E-state index contributed by atoms with van der Waals surface area (Å²) in [6.07, 6.45) is 0.738. The highest BCUT2D eigenvalue weighted by Gasteiger charge is 2.17. The van der Waals surface area contributed by atoms with E-state index in [0.717, 1.165) is 17.7 Å². The fourth-order valence-corrected chi connectivity index (χ4v) is 2.29. The van der Waals surface area contributed by atoms with Crippen LogP contribution in [-0.4, -0.2) is 12.9 Å². The van der Waals surface area contributed by atoms with Crippen molar-refractivity contribution in [3.63, 3.8) is 0 Å². The monoisotopic (exact) mass is 268 g/mol. The van der Waals surface area contributed by atoms with Crippen LogP contribution in [0.4, 0.5) is 0 Å². The quantitative estimate of drug-likeness (QED) is 0.821. The fourth-order valence-electron chi connectivity index (χ4n) is 2.29. The maximum absolute atomic E-state index is 11.9. The standard InChI is InChI=1S/C18H20O2/c1-13-4-6-15(7-5-13)12-18(14(2)19)16-8-10-17(20-3)11-9-16/h4-11,18H,12H2,1-3H3. The molecule has 0 aliphatic heterocycles. The van der Waals surface area contributed by atoms with Gasteiger partial charge in [0.05, 0.1) is 7.11 Å². The van der Waals surface area contributed by atoms with Crippen LogP contribution in [0.1, 0.15) is 29.5 Å². The molecule has 2 rings (SSSR count). The molecule has 0 fully saturated rings. The minimum absolute atomic E-state index is 0.0939. The van der Waals surface area contributed by atoms with Gasteiger partial charge in [-0.1, -0.05) is 42.0 Å². The topological polar surface area (TPSA) is 26.3 Å². The second-order valence-corrected chi connectivity index (χ2v) is 5.13. The maximum atomic E-state index is 11.9. The van der Waals surface area contributed by atoms with Crippen molar-refractivity contribution in [2.24, 2.45) is 0 Å². The Morgan fingerprint density at radius 2 is 1.65 bits per heavy atom. The SMILES string of the molecule is COc1ccc(C(Cc2ccc(C)cc2)C(C)=O)cc1. The number of hydrogen-bond acceptors (Lipinski definition) is 2. The number of carbonyl (C=O) groups is 1. The average Bonchev–Trinajstić information content (AvgIpc) is 2.46. The Balaban J connectivity index is 2.22. The van der Waals surface area contributed by atoms with E-state index in [4.69, 9.17) is 4.74 Å². The first-order valence-corrected chi connectivity index (χ1v) is 6.80. The Labute approximate surface area is 120 Å². The van der Waals surface area contributed by atoms with Crippen molar-refractivity contribution < 1.29 is 9.53 Å². The number of hydrogen-bond donors (Lipinski definition) is 0. The number of methoxy groups -OCH3 is 1. The lowest BCUT2D eigenvalue weighted by Gasteiger charge is -2.15. The normalized spacial score (nSPS) is 11.9. The van der Waals surface area contributed by atoms with Gasteiger partial charge in [-0.15, -0.1) is 0 Å². The summed E-state index contributed by atoms with van der Waals surface area (Å²) in [7, 11) is 1.64. The lowest BCUT2D eigenvalue weighted by atomic mass is 9.89. The van der Waals surface area contributed by atoms with E-state index in [1.165, 1.54) is 11.1 Å². The number of ketones is 1. The van der Waals surface area contributed by atoms with Crippen LogP contribution < -0.4 is 4.74 Å². The smallest absolute Gasteiger partial charge is 0.137 e. The maximum Gasteiger partial charge on any atom is 0.137 e. The highest BCUT2D eigenvalue weighted by atomic mass is 16.5. The van der Waals surface area contributed by atoms with Gasteiger partial charge >= 0.3 is 0 Å². The number of benzene rings is 2. The zero-order valence-electron chi connectivity index (χ0n) is 12.2. The third-order valence-corrected chi connectivity index (χ3v) is 3.57. The zero-order chi connectivity index (χ0) is 14.5. The Kier molecular flexibility index (Phi) is 4.57. The first-order chi connectivity index (χ1) is 9.60. The number of aryl methyl sites for hydroxylation is 1. The van der Waals surface area contributed by atoms with E-state index in [9.17, 15) is 4.79 Å². The summed E-state index contributed by atoms with van der Waals surface area (Å²) < 4.78 is 5.16. The molecule has 1 unspecified atom stereocenters. The van der Waals surface area contributed by atoms with Crippen LogP contribution in [-0.2, 0) is 11.2 Å². The molecule has 2 heteroatoms. The second-order valence-electron chi connectivity index (χ2n) is 5.13. The summed E-state index contributed by atoms with van der Waals surface area (Å²) in [6, 6.07) is 16.1. The zero-order valence-corrected chi connectivity index (χ0v) is 12.2. The van der Waals surface area contributed by atoms with Gasteiger partial charge in [0.25, 0.3) is 0 Å². The van der Waals surface area contributed by atoms with Gasteiger partial charge in [-0.2, -0.15) is 0 Å². The van der Waals surface area contributed by atoms with E-state index in [0.29, 0.717) is 0 Å². The van der Waals surface area contributed by atoms with Crippen LogP contribution in [0.2, 0.25) is 0 Å². The predicted molar refractivity (Wildman–Crippen MR) is 81.3 cm³/mol. The minimum Gasteiger partial charge on any atom is -0.497 e. The Hall–Kier alpha value is -2.09. The lowest BCUT2D eigenvalue weighted by Crippen LogP contribution is -2.12. The van der Waals surface area contributed by atoms with Crippen molar-refractivity contribution in [2.45, 2.75) is 26.2 Å². The van der Waals surface area contributed by atoms with Gasteiger partial charge in [0.1, 0.15) is 11.5 Å². The Bertz CT molecular complexity index is 567. The number of ether oxygens (including phenoxy) is 1. The van der Waals surface area contributed by atoms with Gasteiger partial charge in [0, 0.05) is 5.92 Å². The molecule has 0 bridgehead atoms. The highest BCUT2D eigenvalue weighted by molar-refractivity contribution is 5.83. The molecular formula is C18H20O2. The Morgan fingerprint density at radius 1 is 1.05 bits per heavy atom. The fraction of sp³-hybridized carbons (Fsp3) is 0.278. The number of Topliss-reactive ketones (excluding diaryl/α,β-unsaturated/α-hetero) is 1. The second kappa shape index (κ2) is 6.38. The molecule has 2 nitrogen and oxygen atoms in total. The van der Waals surface area contributed by atoms with Crippen LogP contribution in [0.25, 0.3) is 0 Å². The summed E-state index contributed by atoms with van der Waals surface area (Å²) in [4.78, 5) is 11.9. The molecule has 0 radical (unpaired) electrons. The van der Waals surface area contributed by atoms with Crippen LogP contribution in [0.3, 0.4) is 0 Å². The molecule has 0 N–H and O–H groups in total. The van der Waals surface area contributed by atoms with Crippen LogP contribution >= 0.6 is 0 Å². The number of rotatable bonds is 5. The Morgan fingerprint density at radius 3 is 2.15 bits per heavy atom. The molecule has 104 valence electrons. The minimum atomic E-state index is -0.0939. The molecule has 0 amide bonds. The van der Waals surface area contributed by atoms with E-state index in [1.54, 1.807) is 14.0 Å². The molecule has 0 aliphatic carbocycles. The van der Waals surface area contributed by atoms with Gasteiger partial charge in [-0.3, -0.25) is 4.79 Å².